The zero-order valence-electron chi connectivity index (χ0n) is 8.35. The van der Waals surface area contributed by atoms with Gasteiger partial charge in [-0.05, 0) is 18.6 Å². The summed E-state index contributed by atoms with van der Waals surface area (Å²) in [6.07, 6.45) is 5.11. The minimum absolute atomic E-state index is 1.12. The van der Waals surface area contributed by atoms with E-state index in [2.05, 4.69) is 24.5 Å². The van der Waals surface area contributed by atoms with Gasteiger partial charge < -0.3 is 0 Å². The van der Waals surface area contributed by atoms with Crippen LogP contribution in [-0.4, -0.2) is 0 Å². The Labute approximate surface area is 83.9 Å². The van der Waals surface area contributed by atoms with E-state index in [1.165, 1.54) is 15.3 Å². The fourth-order valence-electron chi connectivity index (χ4n) is 1.10. The fourth-order valence-corrected chi connectivity index (χ4v) is 2.07. The molecule has 0 atom stereocenters. The molecule has 1 aliphatic rings. The lowest BCUT2D eigenvalue weighted by Crippen LogP contribution is -1.69. The van der Waals surface area contributed by atoms with Gasteiger partial charge in [-0.25, -0.2) is 0 Å². The average Bonchev–Trinajstić information content (AvgIpc) is 2.63. The summed E-state index contributed by atoms with van der Waals surface area (Å²) in [6, 6.07) is 2.23. The monoisotopic (exact) mass is 190 g/mol. The summed E-state index contributed by atoms with van der Waals surface area (Å²) in [4.78, 5) is 2.76. The van der Waals surface area contributed by atoms with Crippen LogP contribution in [0, 0.1) is 0 Å². The average molecular weight is 190 g/mol. The van der Waals surface area contributed by atoms with Gasteiger partial charge in [0.1, 0.15) is 0 Å². The van der Waals surface area contributed by atoms with E-state index < -0.39 is 0 Å². The number of thiophene rings is 1. The number of aryl methyl sites for hydroxylation is 1. The maximum absolute atomic E-state index is 2.96. The summed E-state index contributed by atoms with van der Waals surface area (Å²) in [6.45, 7) is 6.18. The third-order valence-electron chi connectivity index (χ3n) is 1.70. The molecule has 0 aliphatic heterocycles. The second kappa shape index (κ2) is 4.89. The van der Waals surface area contributed by atoms with E-state index >= 15 is 0 Å². The highest BCUT2D eigenvalue weighted by molar-refractivity contribution is 7.13. The minimum atomic E-state index is 1.12. The third-order valence-corrected chi connectivity index (χ3v) is 2.95. The first-order valence-corrected chi connectivity index (χ1v) is 5.52. The molecule has 0 radical (unpaired) electrons. The molecule has 0 saturated carbocycles. The van der Waals surface area contributed by atoms with Crippen LogP contribution in [0.15, 0.2) is 17.5 Å². The standard InChI is InChI=1S/C10H8S.C2H6/c1-2-9-7-8-5-3-4-6-10(8)11-9;1-2/h5-7H,2H2,1H3;1-2H3. The van der Waals surface area contributed by atoms with Gasteiger partial charge in [-0.3, -0.25) is 0 Å². The maximum Gasteiger partial charge on any atom is 0.0435 e. The van der Waals surface area contributed by atoms with Gasteiger partial charge in [0.25, 0.3) is 0 Å². The molecule has 1 heterocycles. The summed E-state index contributed by atoms with van der Waals surface area (Å²) in [5, 5.41) is 0. The van der Waals surface area contributed by atoms with Crippen LogP contribution in [-0.2, 0) is 6.42 Å². The lowest BCUT2D eigenvalue weighted by molar-refractivity contribution is 1.19. The van der Waals surface area contributed by atoms with Gasteiger partial charge in [-0.2, -0.15) is 0 Å². The first-order valence-electron chi connectivity index (χ1n) is 4.70. The molecule has 0 fully saturated rings. The van der Waals surface area contributed by atoms with E-state index in [0.717, 1.165) is 6.42 Å². The van der Waals surface area contributed by atoms with Crippen LogP contribution < -0.4 is 0 Å². The van der Waals surface area contributed by atoms with Crippen molar-refractivity contribution in [3.63, 3.8) is 0 Å². The largest absolute Gasteiger partial charge is 0.140 e. The van der Waals surface area contributed by atoms with Gasteiger partial charge in [0, 0.05) is 21.4 Å². The van der Waals surface area contributed by atoms with Gasteiger partial charge in [0.05, 0.1) is 0 Å². The molecule has 0 nitrogen and oxygen atoms in total. The van der Waals surface area contributed by atoms with Crippen molar-refractivity contribution in [2.45, 2.75) is 27.2 Å². The van der Waals surface area contributed by atoms with Crippen LogP contribution >= 0.6 is 11.3 Å². The number of fused-ring (bicyclic) bond motifs is 1. The van der Waals surface area contributed by atoms with Crippen molar-refractivity contribution in [3.8, 4) is 0 Å². The van der Waals surface area contributed by atoms with E-state index in [9.17, 15) is 0 Å². The minimum Gasteiger partial charge on any atom is -0.140 e. The molecule has 1 aliphatic carbocycles. The molecule has 0 unspecified atom stereocenters. The quantitative estimate of drug-likeness (QED) is 0.593. The molecule has 2 rings (SSSR count). The van der Waals surface area contributed by atoms with Gasteiger partial charge in [0.2, 0.25) is 0 Å². The van der Waals surface area contributed by atoms with Gasteiger partial charge in [0.15, 0.2) is 0 Å². The van der Waals surface area contributed by atoms with Crippen molar-refractivity contribution >= 4 is 23.5 Å². The van der Waals surface area contributed by atoms with E-state index in [1.54, 1.807) is 0 Å². The Morgan fingerprint density at radius 1 is 1.23 bits per heavy atom. The van der Waals surface area contributed by atoms with E-state index in [-0.39, 0.29) is 0 Å². The molecule has 0 saturated heterocycles. The van der Waals surface area contributed by atoms with Crippen LogP contribution in [0.4, 0.5) is 0 Å². The highest BCUT2D eigenvalue weighted by atomic mass is 32.1. The normalized spacial score (nSPS) is 10.7. The Balaban J connectivity index is 0.000000396. The van der Waals surface area contributed by atoms with Crippen LogP contribution in [0.1, 0.15) is 36.1 Å². The fraction of sp³-hybridized carbons (Fsp3) is 0.333. The molecular formula is C12H14S. The molecule has 0 spiro atoms. The van der Waals surface area contributed by atoms with Crippen molar-refractivity contribution in [2.24, 2.45) is 0 Å². The molecule has 13 heavy (non-hydrogen) atoms. The molecule has 68 valence electrons. The number of hydrogen-bond acceptors (Lipinski definition) is 1. The molecular weight excluding hydrogens is 176 g/mol. The first kappa shape index (κ1) is 10.1. The molecule has 1 heteroatoms. The maximum atomic E-state index is 2.96. The van der Waals surface area contributed by atoms with Crippen LogP contribution in [0.25, 0.3) is 12.2 Å². The molecule has 1 aromatic heterocycles. The summed E-state index contributed by atoms with van der Waals surface area (Å²) in [5.41, 5.74) is 7.21. The van der Waals surface area contributed by atoms with E-state index in [4.69, 9.17) is 0 Å². The van der Waals surface area contributed by atoms with Crippen LogP contribution in [0.2, 0.25) is 0 Å². The van der Waals surface area contributed by atoms with Crippen molar-refractivity contribution in [1.29, 1.82) is 0 Å². The Hall–Kier alpha value is -1.00. The predicted octanol–water partition coefficient (Wildman–Crippen LogP) is 4.13. The second-order valence-electron chi connectivity index (χ2n) is 2.46. The highest BCUT2D eigenvalue weighted by Crippen LogP contribution is 2.26. The van der Waals surface area contributed by atoms with Gasteiger partial charge >= 0.3 is 0 Å². The predicted molar refractivity (Wildman–Crippen MR) is 61.0 cm³/mol. The molecule has 0 bridgehead atoms. The summed E-state index contributed by atoms with van der Waals surface area (Å²) >= 11 is 1.85. The Bertz CT molecular complexity index is 336. The lowest BCUT2D eigenvalue weighted by Gasteiger charge is -1.87. The number of rotatable bonds is 1. The zero-order valence-corrected chi connectivity index (χ0v) is 9.16. The highest BCUT2D eigenvalue weighted by Gasteiger charge is 2.03. The number of hydrogen-bond donors (Lipinski definition) is 0. The lowest BCUT2D eigenvalue weighted by atomic mass is 10.2. The first-order chi connectivity index (χ1) is 6.40. The summed E-state index contributed by atoms with van der Waals surface area (Å²) in [7, 11) is 0. The van der Waals surface area contributed by atoms with Crippen LogP contribution in [0.5, 0.6) is 0 Å². The topological polar surface area (TPSA) is 0 Å². The Morgan fingerprint density at radius 3 is 2.54 bits per heavy atom. The molecule has 0 N–H and O–H groups in total. The zero-order chi connectivity index (χ0) is 9.68. The Morgan fingerprint density at radius 2 is 1.92 bits per heavy atom. The molecule has 1 aromatic rings. The smallest absolute Gasteiger partial charge is 0.0435 e. The van der Waals surface area contributed by atoms with Crippen molar-refractivity contribution in [2.75, 3.05) is 0 Å². The van der Waals surface area contributed by atoms with Gasteiger partial charge in [-0.1, -0.05) is 32.2 Å². The van der Waals surface area contributed by atoms with Crippen molar-refractivity contribution in [3.05, 3.63) is 32.8 Å². The SMILES string of the molecule is CC.CCc1cc2c(s1)C=C=C=C2. The van der Waals surface area contributed by atoms with Crippen molar-refractivity contribution < 1.29 is 0 Å². The van der Waals surface area contributed by atoms with Crippen molar-refractivity contribution in [1.82, 2.24) is 0 Å². The Kier molecular flexibility index (Phi) is 3.79. The van der Waals surface area contributed by atoms with Crippen LogP contribution in [0.3, 0.4) is 0 Å². The van der Waals surface area contributed by atoms with Gasteiger partial charge in [-0.15, -0.1) is 11.3 Å². The second-order valence-corrected chi connectivity index (χ2v) is 3.63. The molecule has 0 amide bonds. The van der Waals surface area contributed by atoms with E-state index in [1.807, 2.05) is 37.3 Å². The summed E-state index contributed by atoms with van der Waals surface area (Å²) in [5.74, 6) is 0. The summed E-state index contributed by atoms with van der Waals surface area (Å²) < 4.78 is 0. The third kappa shape index (κ3) is 2.23. The molecule has 0 aromatic carbocycles. The van der Waals surface area contributed by atoms with E-state index in [0.29, 0.717) is 0 Å².